The van der Waals surface area contributed by atoms with Crippen molar-refractivity contribution in [3.63, 3.8) is 0 Å². The summed E-state index contributed by atoms with van der Waals surface area (Å²) in [5.41, 5.74) is 2.97. The molecule has 0 aliphatic carbocycles. The summed E-state index contributed by atoms with van der Waals surface area (Å²) in [4.78, 5) is 39.5. The first-order chi connectivity index (χ1) is 16.4. The molecular formula is C24H30N6O3S. The number of carbonyl (C=O) groups is 2. The molecule has 180 valence electrons. The summed E-state index contributed by atoms with van der Waals surface area (Å²) >= 11 is 1.27. The van der Waals surface area contributed by atoms with E-state index in [2.05, 4.69) is 37.4 Å². The molecule has 10 heteroatoms. The maximum atomic E-state index is 11.8. The molecule has 0 saturated carbocycles. The van der Waals surface area contributed by atoms with Gasteiger partial charge in [0.2, 0.25) is 5.95 Å². The molecule has 1 aromatic carbocycles. The highest BCUT2D eigenvalue weighted by Crippen LogP contribution is 2.34. The van der Waals surface area contributed by atoms with Gasteiger partial charge in [-0.2, -0.15) is 0 Å². The van der Waals surface area contributed by atoms with Crippen molar-refractivity contribution in [3.8, 4) is 11.1 Å². The Labute approximate surface area is 203 Å². The third-order valence-corrected chi connectivity index (χ3v) is 7.12. The maximum Gasteiger partial charge on any atom is 0.321 e. The van der Waals surface area contributed by atoms with Crippen molar-refractivity contribution in [2.75, 3.05) is 43.1 Å². The molecule has 1 fully saturated rings. The molecule has 1 saturated heterocycles. The number of aromatic nitrogens is 3. The zero-order valence-corrected chi connectivity index (χ0v) is 20.6. The van der Waals surface area contributed by atoms with Gasteiger partial charge in [-0.3, -0.25) is 10.1 Å². The standard InChI is InChI=1S/C24H30N6O3S/c1-4-25-22(32)29-23-28-19-11-16(10-17(14-31)20(19)34-23)18-12-26-21(27-13-18)30-8-6-24(3,7-9-30)15-33-5-2/h10-14H,4-9,15H2,1-3H3,(H2,25,28,29,32). The van der Waals surface area contributed by atoms with Crippen LogP contribution in [-0.4, -0.2) is 60.1 Å². The predicted octanol–water partition coefficient (Wildman–Crippen LogP) is 4.35. The van der Waals surface area contributed by atoms with Crippen molar-refractivity contribution in [3.05, 3.63) is 30.1 Å². The SMILES string of the molecule is CCNC(=O)Nc1nc2cc(-c3cnc(N4CCC(C)(COCC)CC4)nc3)cc(C=O)c2s1. The number of urea groups is 1. The molecule has 34 heavy (non-hydrogen) atoms. The average Bonchev–Trinajstić information content (AvgIpc) is 3.25. The van der Waals surface area contributed by atoms with Crippen LogP contribution in [0.25, 0.3) is 21.3 Å². The number of thiazole rings is 1. The van der Waals surface area contributed by atoms with E-state index in [4.69, 9.17) is 4.74 Å². The van der Waals surface area contributed by atoms with Crippen LogP contribution in [0.1, 0.15) is 44.0 Å². The fraction of sp³-hybridized carbons (Fsp3) is 0.458. The van der Waals surface area contributed by atoms with E-state index >= 15 is 0 Å². The van der Waals surface area contributed by atoms with Gasteiger partial charge in [-0.1, -0.05) is 18.3 Å². The van der Waals surface area contributed by atoms with Crippen molar-refractivity contribution in [1.29, 1.82) is 0 Å². The topological polar surface area (TPSA) is 109 Å². The monoisotopic (exact) mass is 482 g/mol. The minimum absolute atomic E-state index is 0.200. The lowest BCUT2D eigenvalue weighted by molar-refractivity contribution is 0.0458. The summed E-state index contributed by atoms with van der Waals surface area (Å²) in [6.45, 7) is 9.98. The molecule has 9 nitrogen and oxygen atoms in total. The Balaban J connectivity index is 1.51. The molecule has 1 aliphatic heterocycles. The van der Waals surface area contributed by atoms with E-state index < -0.39 is 0 Å². The highest BCUT2D eigenvalue weighted by molar-refractivity contribution is 7.22. The largest absolute Gasteiger partial charge is 0.381 e. The van der Waals surface area contributed by atoms with E-state index in [-0.39, 0.29) is 11.4 Å². The number of nitrogens with zero attached hydrogens (tertiary/aromatic N) is 4. The van der Waals surface area contributed by atoms with Crippen LogP contribution in [0.2, 0.25) is 0 Å². The van der Waals surface area contributed by atoms with Gasteiger partial charge in [0, 0.05) is 49.8 Å². The lowest BCUT2D eigenvalue weighted by Crippen LogP contribution is -2.41. The number of benzene rings is 1. The second-order valence-corrected chi connectivity index (χ2v) is 9.74. The summed E-state index contributed by atoms with van der Waals surface area (Å²) in [6.07, 6.45) is 6.45. The number of aldehydes is 1. The number of anilines is 2. The zero-order valence-electron chi connectivity index (χ0n) is 19.8. The van der Waals surface area contributed by atoms with Gasteiger partial charge >= 0.3 is 6.03 Å². The van der Waals surface area contributed by atoms with Crippen molar-refractivity contribution in [2.24, 2.45) is 5.41 Å². The van der Waals surface area contributed by atoms with Gasteiger partial charge in [0.05, 0.1) is 16.8 Å². The van der Waals surface area contributed by atoms with E-state index in [9.17, 15) is 9.59 Å². The first-order valence-corrected chi connectivity index (χ1v) is 12.4. The molecule has 0 spiro atoms. The number of amides is 2. The first kappa shape index (κ1) is 24.0. The lowest BCUT2D eigenvalue weighted by atomic mass is 9.81. The van der Waals surface area contributed by atoms with Crippen LogP contribution >= 0.6 is 11.3 Å². The molecule has 2 amide bonds. The molecule has 0 radical (unpaired) electrons. The van der Waals surface area contributed by atoms with Crippen LogP contribution in [0, 0.1) is 5.41 Å². The van der Waals surface area contributed by atoms with E-state index in [1.54, 1.807) is 12.4 Å². The highest BCUT2D eigenvalue weighted by Gasteiger charge is 2.31. The Hall–Kier alpha value is -3.11. The molecule has 3 heterocycles. The molecule has 2 aromatic heterocycles. The van der Waals surface area contributed by atoms with Crippen LogP contribution < -0.4 is 15.5 Å². The van der Waals surface area contributed by atoms with Crippen LogP contribution in [0.5, 0.6) is 0 Å². The third kappa shape index (κ3) is 5.34. The maximum absolute atomic E-state index is 11.8. The van der Waals surface area contributed by atoms with Crippen molar-refractivity contribution < 1.29 is 14.3 Å². The molecular weight excluding hydrogens is 452 g/mol. The van der Waals surface area contributed by atoms with Crippen LogP contribution in [-0.2, 0) is 4.74 Å². The number of ether oxygens (including phenoxy) is 1. The number of hydrogen-bond acceptors (Lipinski definition) is 8. The second-order valence-electron chi connectivity index (χ2n) is 8.74. The Morgan fingerprint density at radius 1 is 1.21 bits per heavy atom. The van der Waals surface area contributed by atoms with Gasteiger partial charge in [0.25, 0.3) is 0 Å². The predicted molar refractivity (Wildman–Crippen MR) is 135 cm³/mol. The van der Waals surface area contributed by atoms with Gasteiger partial charge in [-0.15, -0.1) is 0 Å². The summed E-state index contributed by atoms with van der Waals surface area (Å²) in [5.74, 6) is 0.709. The van der Waals surface area contributed by atoms with Gasteiger partial charge in [0.1, 0.15) is 0 Å². The molecule has 1 aliphatic rings. The van der Waals surface area contributed by atoms with E-state index in [0.29, 0.717) is 28.7 Å². The summed E-state index contributed by atoms with van der Waals surface area (Å²) in [7, 11) is 0. The number of fused-ring (bicyclic) bond motifs is 1. The van der Waals surface area contributed by atoms with Crippen molar-refractivity contribution in [2.45, 2.75) is 33.6 Å². The summed E-state index contributed by atoms with van der Waals surface area (Å²) in [6, 6.07) is 3.37. The lowest BCUT2D eigenvalue weighted by Gasteiger charge is -2.39. The summed E-state index contributed by atoms with van der Waals surface area (Å²) in [5, 5.41) is 5.82. The number of carbonyl (C=O) groups excluding carboxylic acids is 2. The average molecular weight is 483 g/mol. The van der Waals surface area contributed by atoms with Gasteiger partial charge < -0.3 is 15.0 Å². The Bertz CT molecular complexity index is 1160. The van der Waals surface area contributed by atoms with Crippen molar-refractivity contribution in [1.82, 2.24) is 20.3 Å². The smallest absolute Gasteiger partial charge is 0.321 e. The van der Waals surface area contributed by atoms with Crippen LogP contribution in [0.3, 0.4) is 0 Å². The number of nitrogens with one attached hydrogen (secondary N) is 2. The molecule has 0 atom stereocenters. The van der Waals surface area contributed by atoms with Crippen LogP contribution in [0.15, 0.2) is 24.5 Å². The molecule has 3 aromatic rings. The fourth-order valence-electron chi connectivity index (χ4n) is 4.04. The molecule has 0 bridgehead atoms. The Morgan fingerprint density at radius 3 is 2.59 bits per heavy atom. The minimum atomic E-state index is -0.325. The third-order valence-electron chi connectivity index (χ3n) is 6.08. The van der Waals surface area contributed by atoms with Gasteiger partial charge in [-0.25, -0.2) is 19.7 Å². The molecule has 0 unspecified atom stereocenters. The fourth-order valence-corrected chi connectivity index (χ4v) is 4.96. The van der Waals surface area contributed by atoms with E-state index in [0.717, 1.165) is 61.3 Å². The van der Waals surface area contributed by atoms with E-state index in [1.165, 1.54) is 11.3 Å². The zero-order chi connectivity index (χ0) is 24.1. The van der Waals surface area contributed by atoms with Crippen LogP contribution in [0.4, 0.5) is 15.9 Å². The quantitative estimate of drug-likeness (QED) is 0.459. The number of hydrogen-bond donors (Lipinski definition) is 2. The summed E-state index contributed by atoms with van der Waals surface area (Å²) < 4.78 is 6.39. The first-order valence-electron chi connectivity index (χ1n) is 11.5. The Kier molecular flexibility index (Phi) is 7.38. The normalized spacial score (nSPS) is 15.3. The van der Waals surface area contributed by atoms with Gasteiger partial charge in [-0.05, 0) is 49.8 Å². The van der Waals surface area contributed by atoms with Gasteiger partial charge in [0.15, 0.2) is 11.4 Å². The van der Waals surface area contributed by atoms with E-state index in [1.807, 2.05) is 26.0 Å². The number of piperidine rings is 1. The highest BCUT2D eigenvalue weighted by atomic mass is 32.1. The minimum Gasteiger partial charge on any atom is -0.381 e. The Morgan fingerprint density at radius 2 is 1.94 bits per heavy atom. The molecule has 2 N–H and O–H groups in total. The number of rotatable bonds is 8. The molecule has 4 rings (SSSR count). The second kappa shape index (κ2) is 10.4. The van der Waals surface area contributed by atoms with Crippen molar-refractivity contribution >= 4 is 45.0 Å².